The fourth-order valence-electron chi connectivity index (χ4n) is 2.99. The molecule has 2 aromatic heterocycles. The number of aryl methyl sites for hydroxylation is 3. The van der Waals surface area contributed by atoms with Crippen molar-refractivity contribution in [1.29, 1.82) is 0 Å². The van der Waals surface area contributed by atoms with Crippen LogP contribution in [0.3, 0.4) is 0 Å². The number of aromatic nitrogens is 4. The number of benzene rings is 1. The van der Waals surface area contributed by atoms with Crippen LogP contribution >= 0.6 is 0 Å². The molecule has 0 bridgehead atoms. The van der Waals surface area contributed by atoms with Crippen molar-refractivity contribution >= 4 is 16.8 Å². The molecule has 1 aromatic carbocycles. The highest BCUT2D eigenvalue weighted by Gasteiger charge is 2.17. The van der Waals surface area contributed by atoms with Crippen molar-refractivity contribution in [3.8, 4) is 0 Å². The van der Waals surface area contributed by atoms with Gasteiger partial charge in [-0.1, -0.05) is 12.1 Å². The number of hydrogen-bond acceptors (Lipinski definition) is 4. The molecule has 2 heterocycles. The van der Waals surface area contributed by atoms with Crippen molar-refractivity contribution < 1.29 is 9.18 Å². The molecule has 0 aliphatic rings. The third kappa shape index (κ3) is 3.22. The molecule has 1 amide bonds. The first-order chi connectivity index (χ1) is 12.3. The first kappa shape index (κ1) is 17.8. The maximum atomic E-state index is 14.0. The first-order valence-corrected chi connectivity index (χ1v) is 8.22. The molecule has 26 heavy (non-hydrogen) atoms. The second-order valence-corrected chi connectivity index (χ2v) is 6.39. The number of amides is 1. The Kier molecular flexibility index (Phi) is 4.58. The molecule has 0 aliphatic carbocycles. The van der Waals surface area contributed by atoms with Crippen LogP contribution in [0.4, 0.5) is 4.39 Å². The molecule has 0 saturated carbocycles. The maximum Gasteiger partial charge on any atom is 0.278 e. The van der Waals surface area contributed by atoms with Crippen LogP contribution in [0.5, 0.6) is 0 Å². The molecule has 0 spiro atoms. The Hall–Kier alpha value is -3.03. The minimum Gasteiger partial charge on any atom is -0.348 e. The van der Waals surface area contributed by atoms with Crippen LogP contribution in [0.25, 0.3) is 10.9 Å². The summed E-state index contributed by atoms with van der Waals surface area (Å²) in [6, 6.07) is 4.32. The predicted molar refractivity (Wildman–Crippen MR) is 95.2 cm³/mol. The van der Waals surface area contributed by atoms with Gasteiger partial charge in [0.25, 0.3) is 5.56 Å². The van der Waals surface area contributed by atoms with Crippen molar-refractivity contribution in [2.45, 2.75) is 33.4 Å². The topological polar surface area (TPSA) is 81.8 Å². The quantitative estimate of drug-likeness (QED) is 0.771. The summed E-state index contributed by atoms with van der Waals surface area (Å²) in [5.74, 6) is -0.798. The monoisotopic (exact) mass is 357 g/mol. The highest BCUT2D eigenvalue weighted by Crippen LogP contribution is 2.18. The van der Waals surface area contributed by atoms with Gasteiger partial charge in [0.05, 0.1) is 28.8 Å². The summed E-state index contributed by atoms with van der Waals surface area (Å²) in [5, 5.41) is 11.4. The molecule has 3 aromatic rings. The van der Waals surface area contributed by atoms with Gasteiger partial charge in [0.1, 0.15) is 12.4 Å². The molecule has 0 radical (unpaired) electrons. The van der Waals surface area contributed by atoms with E-state index in [1.54, 1.807) is 44.6 Å². The van der Waals surface area contributed by atoms with Gasteiger partial charge in [-0.2, -0.15) is 10.2 Å². The Balaban J connectivity index is 1.80. The summed E-state index contributed by atoms with van der Waals surface area (Å²) < 4.78 is 16.7. The molecule has 7 nitrogen and oxygen atoms in total. The Morgan fingerprint density at radius 3 is 2.77 bits per heavy atom. The summed E-state index contributed by atoms with van der Waals surface area (Å²) in [6.45, 7) is 4.97. The molecule has 136 valence electrons. The third-order valence-electron chi connectivity index (χ3n) is 4.33. The van der Waals surface area contributed by atoms with Crippen LogP contribution in [0.2, 0.25) is 0 Å². The summed E-state index contributed by atoms with van der Waals surface area (Å²) in [4.78, 5) is 24.9. The minimum atomic E-state index is -0.525. The zero-order valence-electron chi connectivity index (χ0n) is 15.1. The molecule has 1 unspecified atom stereocenters. The lowest BCUT2D eigenvalue weighted by Crippen LogP contribution is -2.35. The average Bonchev–Trinajstić information content (AvgIpc) is 2.84. The van der Waals surface area contributed by atoms with Crippen LogP contribution in [-0.4, -0.2) is 25.5 Å². The number of nitrogens with zero attached hydrogens (tertiary/aromatic N) is 4. The number of fused-ring (bicyclic) bond motifs is 1. The van der Waals surface area contributed by atoms with E-state index < -0.39 is 11.9 Å². The highest BCUT2D eigenvalue weighted by molar-refractivity contribution is 5.80. The van der Waals surface area contributed by atoms with Crippen molar-refractivity contribution in [3.63, 3.8) is 0 Å². The van der Waals surface area contributed by atoms with E-state index in [0.29, 0.717) is 22.2 Å². The van der Waals surface area contributed by atoms with Gasteiger partial charge in [0.15, 0.2) is 0 Å². The lowest BCUT2D eigenvalue weighted by atomic mass is 10.1. The Bertz CT molecular complexity index is 1050. The van der Waals surface area contributed by atoms with E-state index in [1.807, 2.05) is 0 Å². The Morgan fingerprint density at radius 1 is 1.35 bits per heavy atom. The molecular formula is C18H20FN5O2. The average molecular weight is 357 g/mol. The largest absolute Gasteiger partial charge is 0.348 e. The van der Waals surface area contributed by atoms with Gasteiger partial charge in [-0.3, -0.25) is 14.3 Å². The standard InChI is InChI=1S/C18H20FN5O2/c1-10-5-6-13(14(19)7-10)11(2)21-16(25)9-24-18(26)17-12(3)22-23(4)15(17)8-20-24/h5-8,11H,9H2,1-4H3,(H,21,25). The van der Waals surface area contributed by atoms with E-state index in [9.17, 15) is 14.0 Å². The zero-order chi connectivity index (χ0) is 19.0. The molecule has 8 heteroatoms. The van der Waals surface area contributed by atoms with Gasteiger partial charge >= 0.3 is 0 Å². The van der Waals surface area contributed by atoms with E-state index in [4.69, 9.17) is 0 Å². The lowest BCUT2D eigenvalue weighted by molar-refractivity contribution is -0.122. The normalized spacial score (nSPS) is 12.3. The smallest absolute Gasteiger partial charge is 0.278 e. The van der Waals surface area contributed by atoms with E-state index in [-0.39, 0.29) is 17.9 Å². The molecule has 0 fully saturated rings. The zero-order valence-corrected chi connectivity index (χ0v) is 15.1. The van der Waals surface area contributed by atoms with Crippen LogP contribution < -0.4 is 10.9 Å². The van der Waals surface area contributed by atoms with Gasteiger partial charge in [0, 0.05) is 12.6 Å². The molecule has 0 saturated heterocycles. The fraction of sp³-hybridized carbons (Fsp3) is 0.333. The van der Waals surface area contributed by atoms with Crippen LogP contribution in [0.1, 0.15) is 29.8 Å². The van der Waals surface area contributed by atoms with Crippen molar-refractivity contribution in [1.82, 2.24) is 24.9 Å². The summed E-state index contributed by atoms with van der Waals surface area (Å²) in [5.41, 5.74) is 2.01. The maximum absolute atomic E-state index is 14.0. The van der Waals surface area contributed by atoms with Crippen LogP contribution in [-0.2, 0) is 18.4 Å². The van der Waals surface area contributed by atoms with E-state index >= 15 is 0 Å². The Morgan fingerprint density at radius 2 is 2.08 bits per heavy atom. The first-order valence-electron chi connectivity index (χ1n) is 8.22. The number of hydrogen-bond donors (Lipinski definition) is 1. The third-order valence-corrected chi connectivity index (χ3v) is 4.33. The van der Waals surface area contributed by atoms with Gasteiger partial charge in [-0.15, -0.1) is 0 Å². The SMILES string of the molecule is Cc1ccc(C(C)NC(=O)Cn2ncc3c(c(C)nn3C)c2=O)c(F)c1. The van der Waals surface area contributed by atoms with Crippen LogP contribution in [0.15, 0.2) is 29.2 Å². The molecular weight excluding hydrogens is 337 g/mol. The number of carbonyl (C=O) groups excluding carboxylic acids is 1. The van der Waals surface area contributed by atoms with E-state index in [0.717, 1.165) is 10.2 Å². The highest BCUT2D eigenvalue weighted by atomic mass is 19.1. The molecule has 1 N–H and O–H groups in total. The van der Waals surface area contributed by atoms with E-state index in [2.05, 4.69) is 15.5 Å². The second-order valence-electron chi connectivity index (χ2n) is 6.39. The fourth-order valence-corrected chi connectivity index (χ4v) is 2.99. The van der Waals surface area contributed by atoms with Crippen molar-refractivity contribution in [2.75, 3.05) is 0 Å². The lowest BCUT2D eigenvalue weighted by Gasteiger charge is -2.15. The van der Waals surface area contributed by atoms with Gasteiger partial charge in [-0.25, -0.2) is 9.07 Å². The summed E-state index contributed by atoms with van der Waals surface area (Å²) in [6.07, 6.45) is 1.51. The van der Waals surface area contributed by atoms with Crippen molar-refractivity contribution in [3.05, 3.63) is 57.4 Å². The molecule has 3 rings (SSSR count). The number of carbonyl (C=O) groups is 1. The number of rotatable bonds is 4. The van der Waals surface area contributed by atoms with Gasteiger partial charge < -0.3 is 5.32 Å². The van der Waals surface area contributed by atoms with Gasteiger partial charge in [-0.05, 0) is 32.4 Å². The van der Waals surface area contributed by atoms with Crippen molar-refractivity contribution in [2.24, 2.45) is 7.05 Å². The van der Waals surface area contributed by atoms with E-state index in [1.165, 1.54) is 12.3 Å². The number of nitrogens with one attached hydrogen (secondary N) is 1. The molecule has 0 aliphatic heterocycles. The van der Waals surface area contributed by atoms with Crippen LogP contribution in [0, 0.1) is 19.7 Å². The Labute approximate surface area is 149 Å². The predicted octanol–water partition coefficient (Wildman–Crippen LogP) is 1.76. The summed E-state index contributed by atoms with van der Waals surface area (Å²) in [7, 11) is 1.73. The second kappa shape index (κ2) is 6.70. The van der Waals surface area contributed by atoms with Gasteiger partial charge in [0.2, 0.25) is 5.91 Å². The minimum absolute atomic E-state index is 0.249. The number of halogens is 1. The molecule has 1 atom stereocenters. The summed E-state index contributed by atoms with van der Waals surface area (Å²) >= 11 is 0.